The maximum absolute atomic E-state index is 12.8. The van der Waals surface area contributed by atoms with Gasteiger partial charge in [-0.2, -0.15) is 5.10 Å². The molecule has 0 atom stereocenters. The zero-order chi connectivity index (χ0) is 18.7. The van der Waals surface area contributed by atoms with Gasteiger partial charge in [0.1, 0.15) is 11.4 Å². The van der Waals surface area contributed by atoms with E-state index in [0.29, 0.717) is 15.2 Å². The van der Waals surface area contributed by atoms with Gasteiger partial charge in [-0.15, -0.1) is 0 Å². The van der Waals surface area contributed by atoms with Gasteiger partial charge in [-0.05, 0) is 42.5 Å². The van der Waals surface area contributed by atoms with Crippen molar-refractivity contribution in [2.75, 3.05) is 6.61 Å². The van der Waals surface area contributed by atoms with Gasteiger partial charge in [0.25, 0.3) is 0 Å². The van der Waals surface area contributed by atoms with E-state index in [-0.39, 0.29) is 22.8 Å². The molecule has 8 heteroatoms. The van der Waals surface area contributed by atoms with E-state index in [4.69, 9.17) is 21.4 Å². The highest BCUT2D eigenvalue weighted by Crippen LogP contribution is 2.26. The average Bonchev–Trinajstić information content (AvgIpc) is 3.10. The molecule has 1 heterocycles. The number of carbonyl (C=O) groups is 2. The molecule has 3 aromatic rings. The first-order chi connectivity index (χ1) is 12.4. The Morgan fingerprint density at radius 1 is 1.19 bits per heavy atom. The smallest absolute Gasteiger partial charge is 0.341 e. The molecule has 0 fully saturated rings. The van der Waals surface area contributed by atoms with Crippen LogP contribution in [0.15, 0.2) is 59.2 Å². The molecular formula is C18H12BrClN2O4. The number of carbonyl (C=O) groups excluding carboxylic acids is 1. The number of carboxylic acid groups (broad SMARTS) is 1. The molecule has 0 spiro atoms. The second kappa shape index (κ2) is 7.72. The summed E-state index contributed by atoms with van der Waals surface area (Å²) in [5, 5.41) is 13.6. The van der Waals surface area contributed by atoms with Gasteiger partial charge in [0.2, 0.25) is 5.78 Å². The molecular weight excluding hydrogens is 424 g/mol. The van der Waals surface area contributed by atoms with Crippen LogP contribution < -0.4 is 4.74 Å². The Hall–Kier alpha value is -2.64. The molecule has 0 saturated heterocycles. The Morgan fingerprint density at radius 3 is 2.73 bits per heavy atom. The van der Waals surface area contributed by atoms with Crippen molar-refractivity contribution in [3.8, 4) is 11.4 Å². The number of rotatable bonds is 6. The quantitative estimate of drug-likeness (QED) is 0.592. The molecule has 0 radical (unpaired) electrons. The summed E-state index contributed by atoms with van der Waals surface area (Å²) in [7, 11) is 0. The predicted octanol–water partition coefficient (Wildman–Crippen LogP) is 3.98. The predicted molar refractivity (Wildman–Crippen MR) is 99.3 cm³/mol. The number of ketones is 1. The third-order valence-corrected chi connectivity index (χ3v) is 4.16. The summed E-state index contributed by atoms with van der Waals surface area (Å²) in [4.78, 5) is 23.6. The molecule has 1 aromatic heterocycles. The van der Waals surface area contributed by atoms with Crippen LogP contribution in [0.4, 0.5) is 0 Å². The number of ether oxygens (including phenoxy) is 1. The van der Waals surface area contributed by atoms with Crippen LogP contribution in [0.2, 0.25) is 5.02 Å². The van der Waals surface area contributed by atoms with Gasteiger partial charge in [-0.1, -0.05) is 33.6 Å². The SMILES string of the molecule is O=C(O)COc1ccc(Br)cc1C(=O)c1ccn(-c2cccc(Cl)c2)n1. The molecule has 0 aliphatic rings. The second-order valence-electron chi connectivity index (χ2n) is 5.28. The van der Waals surface area contributed by atoms with Crippen molar-refractivity contribution in [1.29, 1.82) is 0 Å². The third-order valence-electron chi connectivity index (χ3n) is 3.43. The second-order valence-corrected chi connectivity index (χ2v) is 6.63. The van der Waals surface area contributed by atoms with E-state index >= 15 is 0 Å². The van der Waals surface area contributed by atoms with Crippen LogP contribution in [-0.4, -0.2) is 33.2 Å². The maximum atomic E-state index is 12.8. The summed E-state index contributed by atoms with van der Waals surface area (Å²) >= 11 is 9.28. The third kappa shape index (κ3) is 4.12. The molecule has 1 N–H and O–H groups in total. The van der Waals surface area contributed by atoms with Crippen molar-refractivity contribution >= 4 is 39.3 Å². The van der Waals surface area contributed by atoms with Gasteiger partial charge >= 0.3 is 5.97 Å². The average molecular weight is 436 g/mol. The van der Waals surface area contributed by atoms with Crippen molar-refractivity contribution < 1.29 is 19.4 Å². The van der Waals surface area contributed by atoms with Crippen LogP contribution in [0.5, 0.6) is 5.75 Å². The van der Waals surface area contributed by atoms with E-state index in [1.54, 1.807) is 42.6 Å². The Morgan fingerprint density at radius 2 is 2.00 bits per heavy atom. The lowest BCUT2D eigenvalue weighted by molar-refractivity contribution is -0.139. The Balaban J connectivity index is 1.92. The summed E-state index contributed by atoms with van der Waals surface area (Å²) in [6.45, 7) is -0.543. The van der Waals surface area contributed by atoms with Crippen LogP contribution in [-0.2, 0) is 4.79 Å². The summed E-state index contributed by atoms with van der Waals surface area (Å²) in [5.41, 5.74) is 1.13. The van der Waals surface area contributed by atoms with Gasteiger partial charge in [0.15, 0.2) is 6.61 Å². The summed E-state index contributed by atoms with van der Waals surface area (Å²) in [6.07, 6.45) is 1.65. The summed E-state index contributed by atoms with van der Waals surface area (Å²) < 4.78 is 7.41. The lowest BCUT2D eigenvalue weighted by Crippen LogP contribution is -2.13. The Bertz CT molecular complexity index is 987. The van der Waals surface area contributed by atoms with Crippen molar-refractivity contribution in [3.63, 3.8) is 0 Å². The van der Waals surface area contributed by atoms with Gasteiger partial charge < -0.3 is 9.84 Å². The number of hydrogen-bond donors (Lipinski definition) is 1. The van der Waals surface area contributed by atoms with Crippen LogP contribution in [0.1, 0.15) is 16.1 Å². The molecule has 0 aliphatic heterocycles. The molecule has 0 saturated carbocycles. The first kappa shape index (κ1) is 18.2. The van der Waals surface area contributed by atoms with Crippen molar-refractivity contribution in [1.82, 2.24) is 9.78 Å². The first-order valence-corrected chi connectivity index (χ1v) is 8.61. The molecule has 3 rings (SSSR count). The minimum Gasteiger partial charge on any atom is -0.481 e. The zero-order valence-electron chi connectivity index (χ0n) is 13.2. The van der Waals surface area contributed by atoms with Crippen LogP contribution >= 0.6 is 27.5 Å². The van der Waals surface area contributed by atoms with E-state index < -0.39 is 12.6 Å². The van der Waals surface area contributed by atoms with E-state index in [1.165, 1.54) is 10.7 Å². The lowest BCUT2D eigenvalue weighted by atomic mass is 10.1. The minimum absolute atomic E-state index is 0.179. The molecule has 0 amide bonds. The van der Waals surface area contributed by atoms with Gasteiger partial charge in [-0.25, -0.2) is 9.48 Å². The minimum atomic E-state index is -1.13. The van der Waals surface area contributed by atoms with Gasteiger partial charge in [0, 0.05) is 15.7 Å². The van der Waals surface area contributed by atoms with Crippen LogP contribution in [0, 0.1) is 0 Å². The Kier molecular flexibility index (Phi) is 5.39. The van der Waals surface area contributed by atoms with Gasteiger partial charge in [-0.3, -0.25) is 4.79 Å². The number of nitrogens with zero attached hydrogens (tertiary/aromatic N) is 2. The number of halogens is 2. The normalized spacial score (nSPS) is 10.5. The number of aromatic nitrogens is 2. The van der Waals surface area contributed by atoms with Crippen molar-refractivity contribution in [2.24, 2.45) is 0 Å². The number of carboxylic acids is 1. The Labute approximate surface area is 162 Å². The zero-order valence-corrected chi connectivity index (χ0v) is 15.6. The standard InChI is InChI=1S/C18H12BrClN2O4/c19-11-4-5-16(26-10-17(23)24)14(8-11)18(25)15-6-7-22(21-15)13-3-1-2-12(20)9-13/h1-9H,10H2,(H,23,24). The number of hydrogen-bond acceptors (Lipinski definition) is 4. The molecule has 132 valence electrons. The van der Waals surface area contributed by atoms with E-state index in [1.807, 2.05) is 6.07 Å². The van der Waals surface area contributed by atoms with E-state index in [2.05, 4.69) is 21.0 Å². The highest BCUT2D eigenvalue weighted by Gasteiger charge is 2.19. The molecule has 2 aromatic carbocycles. The molecule has 26 heavy (non-hydrogen) atoms. The highest BCUT2D eigenvalue weighted by molar-refractivity contribution is 9.10. The fraction of sp³-hybridized carbons (Fsp3) is 0.0556. The lowest BCUT2D eigenvalue weighted by Gasteiger charge is -2.09. The topological polar surface area (TPSA) is 81.4 Å². The first-order valence-electron chi connectivity index (χ1n) is 7.44. The van der Waals surface area contributed by atoms with Gasteiger partial charge in [0.05, 0.1) is 11.3 Å². The molecule has 0 bridgehead atoms. The van der Waals surface area contributed by atoms with Crippen LogP contribution in [0.3, 0.4) is 0 Å². The number of aliphatic carboxylic acids is 1. The fourth-order valence-electron chi connectivity index (χ4n) is 2.29. The molecule has 0 aliphatic carbocycles. The molecule has 0 unspecified atom stereocenters. The van der Waals surface area contributed by atoms with E-state index in [9.17, 15) is 9.59 Å². The number of benzene rings is 2. The van der Waals surface area contributed by atoms with Crippen LogP contribution in [0.25, 0.3) is 5.69 Å². The summed E-state index contributed by atoms with van der Waals surface area (Å²) in [6, 6.07) is 13.4. The van der Waals surface area contributed by atoms with Crippen molar-refractivity contribution in [2.45, 2.75) is 0 Å². The fourth-order valence-corrected chi connectivity index (χ4v) is 2.84. The maximum Gasteiger partial charge on any atom is 0.341 e. The monoisotopic (exact) mass is 434 g/mol. The largest absolute Gasteiger partial charge is 0.481 e. The van der Waals surface area contributed by atoms with E-state index in [0.717, 1.165) is 0 Å². The van der Waals surface area contributed by atoms with Crippen molar-refractivity contribution in [3.05, 3.63) is 75.5 Å². The summed E-state index contributed by atoms with van der Waals surface area (Å²) in [5.74, 6) is -1.33. The molecule has 6 nitrogen and oxygen atoms in total. The highest BCUT2D eigenvalue weighted by atomic mass is 79.9.